The molecule has 1 aromatic rings. The predicted octanol–water partition coefficient (Wildman–Crippen LogP) is 1.67. The molecular formula is C17H26N2O3. The Balaban J connectivity index is 2.04. The molecule has 1 heterocycles. The lowest BCUT2D eigenvalue weighted by Gasteiger charge is -2.25. The first kappa shape index (κ1) is 16.8. The van der Waals surface area contributed by atoms with Gasteiger partial charge >= 0.3 is 0 Å². The number of β-amino-alcohol motifs (C(OH)–C–C–N with tert-alkyl or cyclic N) is 1. The molecule has 5 nitrogen and oxygen atoms in total. The fraction of sp³-hybridized carbons (Fsp3) is 0.588. The third kappa shape index (κ3) is 3.99. The van der Waals surface area contributed by atoms with Crippen LogP contribution in [0, 0.1) is 0 Å². The molecule has 0 saturated carbocycles. The van der Waals surface area contributed by atoms with Crippen LogP contribution in [-0.2, 0) is 4.79 Å². The van der Waals surface area contributed by atoms with Gasteiger partial charge in [0.15, 0.2) is 0 Å². The molecule has 2 atom stereocenters. The van der Waals surface area contributed by atoms with Crippen LogP contribution in [0.4, 0.5) is 0 Å². The predicted molar refractivity (Wildman–Crippen MR) is 85.9 cm³/mol. The van der Waals surface area contributed by atoms with E-state index in [1.807, 2.05) is 32.2 Å². The van der Waals surface area contributed by atoms with Gasteiger partial charge in [0.2, 0.25) is 5.91 Å². The number of benzene rings is 1. The van der Waals surface area contributed by atoms with Gasteiger partial charge in [0.05, 0.1) is 13.2 Å². The van der Waals surface area contributed by atoms with E-state index < -0.39 is 0 Å². The Labute approximate surface area is 132 Å². The number of methoxy groups -OCH3 is 1. The summed E-state index contributed by atoms with van der Waals surface area (Å²) in [5.41, 5.74) is 1.13. The van der Waals surface area contributed by atoms with Gasteiger partial charge < -0.3 is 14.7 Å². The van der Waals surface area contributed by atoms with Gasteiger partial charge in [0, 0.05) is 39.1 Å². The van der Waals surface area contributed by atoms with Gasteiger partial charge in [-0.3, -0.25) is 9.69 Å². The molecule has 2 rings (SSSR count). The molecule has 1 aliphatic rings. The van der Waals surface area contributed by atoms with Crippen LogP contribution in [0.15, 0.2) is 24.3 Å². The quantitative estimate of drug-likeness (QED) is 0.869. The highest BCUT2D eigenvalue weighted by molar-refractivity contribution is 5.76. The lowest BCUT2D eigenvalue weighted by atomic mass is 10.0. The fourth-order valence-corrected chi connectivity index (χ4v) is 2.93. The summed E-state index contributed by atoms with van der Waals surface area (Å²) in [5, 5.41) is 10.0. The van der Waals surface area contributed by atoms with Gasteiger partial charge in [-0.1, -0.05) is 12.1 Å². The normalized spacial score (nSPS) is 21.8. The van der Waals surface area contributed by atoms with E-state index in [0.29, 0.717) is 25.9 Å². The van der Waals surface area contributed by atoms with Crippen molar-refractivity contribution in [2.45, 2.75) is 31.9 Å². The van der Waals surface area contributed by atoms with Crippen molar-refractivity contribution in [3.05, 3.63) is 29.8 Å². The van der Waals surface area contributed by atoms with Gasteiger partial charge in [0.1, 0.15) is 5.75 Å². The minimum absolute atomic E-state index is 0.143. The molecule has 0 aliphatic carbocycles. The number of aliphatic hydroxyl groups is 1. The van der Waals surface area contributed by atoms with Crippen LogP contribution >= 0.6 is 0 Å². The summed E-state index contributed by atoms with van der Waals surface area (Å²) in [6, 6.07) is 8.09. The topological polar surface area (TPSA) is 53.0 Å². The first-order valence-corrected chi connectivity index (χ1v) is 7.85. The molecule has 0 aromatic heterocycles. The second-order valence-corrected chi connectivity index (χ2v) is 5.83. The minimum atomic E-state index is -0.338. The van der Waals surface area contributed by atoms with Crippen LogP contribution in [0.1, 0.15) is 31.4 Å². The van der Waals surface area contributed by atoms with E-state index in [-0.39, 0.29) is 18.1 Å². The molecule has 0 radical (unpaired) electrons. The number of ether oxygens (including phenoxy) is 1. The molecule has 1 fully saturated rings. The van der Waals surface area contributed by atoms with E-state index in [9.17, 15) is 9.90 Å². The average molecular weight is 306 g/mol. The lowest BCUT2D eigenvalue weighted by molar-refractivity contribution is -0.130. The standard InChI is InChI=1S/C17H26N2O3/c1-4-18(2)17(21)8-9-19-12-14(20)11-16(19)13-6-5-7-15(10-13)22-3/h5-7,10,14,16,20H,4,8-9,11-12H2,1-3H3. The van der Waals surface area contributed by atoms with Crippen molar-refractivity contribution < 1.29 is 14.6 Å². The van der Waals surface area contributed by atoms with Gasteiger partial charge in [-0.15, -0.1) is 0 Å². The van der Waals surface area contributed by atoms with Crippen LogP contribution in [-0.4, -0.2) is 60.7 Å². The maximum Gasteiger partial charge on any atom is 0.223 e. The summed E-state index contributed by atoms with van der Waals surface area (Å²) in [6.45, 7) is 3.98. The van der Waals surface area contributed by atoms with Crippen LogP contribution in [0.5, 0.6) is 5.75 Å². The summed E-state index contributed by atoms with van der Waals surface area (Å²) in [7, 11) is 3.47. The van der Waals surface area contributed by atoms with Crippen LogP contribution in [0.2, 0.25) is 0 Å². The van der Waals surface area contributed by atoms with Gasteiger partial charge in [-0.2, -0.15) is 0 Å². The number of carbonyl (C=O) groups is 1. The Kier molecular flexibility index (Phi) is 5.80. The van der Waals surface area contributed by atoms with Crippen molar-refractivity contribution >= 4 is 5.91 Å². The summed E-state index contributed by atoms with van der Waals surface area (Å²) < 4.78 is 5.28. The van der Waals surface area contributed by atoms with Crippen molar-refractivity contribution in [3.63, 3.8) is 0 Å². The molecule has 122 valence electrons. The fourth-order valence-electron chi connectivity index (χ4n) is 2.93. The maximum absolute atomic E-state index is 12.0. The SMILES string of the molecule is CCN(C)C(=O)CCN1CC(O)CC1c1cccc(OC)c1. The summed E-state index contributed by atoms with van der Waals surface area (Å²) >= 11 is 0. The average Bonchev–Trinajstić information content (AvgIpc) is 2.92. The molecule has 1 saturated heterocycles. The van der Waals surface area contributed by atoms with E-state index in [0.717, 1.165) is 17.9 Å². The zero-order valence-electron chi connectivity index (χ0n) is 13.7. The monoisotopic (exact) mass is 306 g/mol. The molecular weight excluding hydrogens is 280 g/mol. The number of rotatable bonds is 6. The molecule has 1 aromatic carbocycles. The van der Waals surface area contributed by atoms with E-state index >= 15 is 0 Å². The van der Waals surface area contributed by atoms with Crippen molar-refractivity contribution in [2.24, 2.45) is 0 Å². The molecule has 2 unspecified atom stereocenters. The Morgan fingerprint density at radius 3 is 2.95 bits per heavy atom. The molecule has 0 spiro atoms. The number of hydrogen-bond donors (Lipinski definition) is 1. The Hall–Kier alpha value is -1.59. The van der Waals surface area contributed by atoms with Gasteiger partial charge in [-0.05, 0) is 31.0 Å². The molecule has 1 aliphatic heterocycles. The second kappa shape index (κ2) is 7.61. The first-order chi connectivity index (χ1) is 10.5. The first-order valence-electron chi connectivity index (χ1n) is 7.85. The van der Waals surface area contributed by atoms with Gasteiger partial charge in [0.25, 0.3) is 0 Å². The van der Waals surface area contributed by atoms with E-state index in [2.05, 4.69) is 11.0 Å². The molecule has 1 amide bonds. The number of nitrogens with zero attached hydrogens (tertiary/aromatic N) is 2. The number of likely N-dealkylation sites (tertiary alicyclic amines) is 1. The van der Waals surface area contributed by atoms with Crippen molar-refractivity contribution in [1.82, 2.24) is 9.80 Å². The largest absolute Gasteiger partial charge is 0.497 e. The number of aliphatic hydroxyl groups excluding tert-OH is 1. The Bertz CT molecular complexity index is 506. The summed E-state index contributed by atoms with van der Waals surface area (Å²) in [6.07, 6.45) is 0.845. The lowest BCUT2D eigenvalue weighted by Crippen LogP contribution is -2.32. The van der Waals surface area contributed by atoms with Crippen molar-refractivity contribution in [3.8, 4) is 5.75 Å². The zero-order valence-corrected chi connectivity index (χ0v) is 13.7. The third-order valence-corrected chi connectivity index (χ3v) is 4.37. The van der Waals surface area contributed by atoms with E-state index in [1.54, 1.807) is 12.0 Å². The van der Waals surface area contributed by atoms with E-state index in [4.69, 9.17) is 4.74 Å². The number of carbonyl (C=O) groups excluding carboxylic acids is 1. The maximum atomic E-state index is 12.0. The smallest absolute Gasteiger partial charge is 0.223 e. The summed E-state index contributed by atoms with van der Waals surface area (Å²) in [5.74, 6) is 0.967. The molecule has 0 bridgehead atoms. The Morgan fingerprint density at radius 1 is 1.50 bits per heavy atom. The summed E-state index contributed by atoms with van der Waals surface area (Å²) in [4.78, 5) is 15.9. The highest BCUT2D eigenvalue weighted by atomic mass is 16.5. The molecule has 22 heavy (non-hydrogen) atoms. The third-order valence-electron chi connectivity index (χ3n) is 4.37. The zero-order chi connectivity index (χ0) is 16.1. The highest BCUT2D eigenvalue weighted by Crippen LogP contribution is 2.33. The molecule has 5 heteroatoms. The van der Waals surface area contributed by atoms with Gasteiger partial charge in [-0.25, -0.2) is 0 Å². The highest BCUT2D eigenvalue weighted by Gasteiger charge is 2.32. The van der Waals surface area contributed by atoms with Crippen molar-refractivity contribution in [2.75, 3.05) is 33.8 Å². The minimum Gasteiger partial charge on any atom is -0.497 e. The van der Waals surface area contributed by atoms with Crippen LogP contribution in [0.3, 0.4) is 0 Å². The van der Waals surface area contributed by atoms with Crippen LogP contribution in [0.25, 0.3) is 0 Å². The number of hydrogen-bond acceptors (Lipinski definition) is 4. The molecule has 1 N–H and O–H groups in total. The van der Waals surface area contributed by atoms with Crippen LogP contribution < -0.4 is 4.74 Å². The second-order valence-electron chi connectivity index (χ2n) is 5.83. The number of amides is 1. The Morgan fingerprint density at radius 2 is 2.27 bits per heavy atom. The van der Waals surface area contributed by atoms with E-state index in [1.165, 1.54) is 0 Å². The van der Waals surface area contributed by atoms with Crippen molar-refractivity contribution in [1.29, 1.82) is 0 Å².